The second-order valence-electron chi connectivity index (χ2n) is 5.23. The highest BCUT2D eigenvalue weighted by Crippen LogP contribution is 2.41. The van der Waals surface area contributed by atoms with Gasteiger partial charge in [-0.15, -0.1) is 0 Å². The summed E-state index contributed by atoms with van der Waals surface area (Å²) in [7, 11) is 0. The monoisotopic (exact) mass is 260 g/mol. The topological polar surface area (TPSA) is 52.3 Å². The first-order valence-electron chi connectivity index (χ1n) is 6.58. The minimum atomic E-state index is -0.242. The van der Waals surface area contributed by atoms with Gasteiger partial charge in [-0.1, -0.05) is 12.2 Å². The maximum absolute atomic E-state index is 9.02. The van der Waals surface area contributed by atoms with E-state index in [4.69, 9.17) is 10.3 Å². The van der Waals surface area contributed by atoms with E-state index in [2.05, 4.69) is 34.2 Å². The maximum atomic E-state index is 9.02. The van der Waals surface area contributed by atoms with Crippen LogP contribution in [0.3, 0.4) is 0 Å². The van der Waals surface area contributed by atoms with Gasteiger partial charge in [0, 0.05) is 18.6 Å². The van der Waals surface area contributed by atoms with Gasteiger partial charge >= 0.3 is 0 Å². The number of nitriles is 1. The number of fused-ring (bicyclic) bond motifs is 3. The van der Waals surface area contributed by atoms with E-state index in [1.165, 1.54) is 5.56 Å². The summed E-state index contributed by atoms with van der Waals surface area (Å²) < 4.78 is 0. The molecule has 20 heavy (non-hydrogen) atoms. The summed E-state index contributed by atoms with van der Waals surface area (Å²) >= 11 is 0. The molecule has 2 aliphatic heterocycles. The van der Waals surface area contributed by atoms with Crippen molar-refractivity contribution in [1.82, 2.24) is 9.88 Å². The Labute approximate surface area is 117 Å². The van der Waals surface area contributed by atoms with Crippen molar-refractivity contribution >= 4 is 11.9 Å². The second kappa shape index (κ2) is 3.91. The highest BCUT2D eigenvalue weighted by molar-refractivity contribution is 5.97. The summed E-state index contributed by atoms with van der Waals surface area (Å²) in [6.07, 6.45) is 14.5. The molecule has 0 fully saturated rings. The van der Waals surface area contributed by atoms with Gasteiger partial charge < -0.3 is 4.90 Å². The van der Waals surface area contributed by atoms with Crippen molar-refractivity contribution < 1.29 is 0 Å². The van der Waals surface area contributed by atoms with Gasteiger partial charge in [0.1, 0.15) is 17.4 Å². The lowest BCUT2D eigenvalue weighted by molar-refractivity contribution is 0.400. The molecular formula is C16H12N4. The standard InChI is InChI=1S/C16H12N4/c17-8-12-3-4-15-19-16(11-20(15)10-12)6-1-2-13-9-18-7-5-14(13)16/h1-5,7,9-10H,6,11H2. The zero-order valence-corrected chi connectivity index (χ0v) is 10.8. The van der Waals surface area contributed by atoms with Gasteiger partial charge in [0.25, 0.3) is 0 Å². The van der Waals surface area contributed by atoms with Crippen LogP contribution in [0.4, 0.5) is 0 Å². The molecule has 4 nitrogen and oxygen atoms in total. The normalized spacial score (nSPS) is 25.9. The molecule has 0 radical (unpaired) electrons. The predicted octanol–water partition coefficient (Wildman–Crippen LogP) is 2.39. The van der Waals surface area contributed by atoms with Crippen molar-refractivity contribution in [2.24, 2.45) is 4.99 Å². The first-order chi connectivity index (χ1) is 9.81. The highest BCUT2D eigenvalue weighted by Gasteiger charge is 2.41. The Morgan fingerprint density at radius 3 is 3.15 bits per heavy atom. The summed E-state index contributed by atoms with van der Waals surface area (Å²) in [5.41, 5.74) is 2.78. The first kappa shape index (κ1) is 11.2. The van der Waals surface area contributed by atoms with E-state index in [0.717, 1.165) is 24.4 Å². The van der Waals surface area contributed by atoms with Gasteiger partial charge in [-0.25, -0.2) is 0 Å². The number of allylic oxidation sites excluding steroid dienone is 2. The molecule has 4 rings (SSSR count). The van der Waals surface area contributed by atoms with Gasteiger partial charge in [-0.2, -0.15) is 5.26 Å². The summed E-state index contributed by atoms with van der Waals surface area (Å²) in [4.78, 5) is 11.2. The molecule has 0 amide bonds. The van der Waals surface area contributed by atoms with Crippen molar-refractivity contribution in [3.63, 3.8) is 0 Å². The number of pyridine rings is 1. The Morgan fingerprint density at radius 2 is 2.25 bits per heavy atom. The highest BCUT2D eigenvalue weighted by atomic mass is 15.3. The number of rotatable bonds is 0. The van der Waals surface area contributed by atoms with Crippen LogP contribution in [-0.4, -0.2) is 22.3 Å². The Balaban J connectivity index is 1.82. The van der Waals surface area contributed by atoms with Gasteiger partial charge in [0.2, 0.25) is 0 Å². The quantitative estimate of drug-likeness (QED) is 0.719. The van der Waals surface area contributed by atoms with Crippen LogP contribution >= 0.6 is 0 Å². The number of hydrogen-bond acceptors (Lipinski definition) is 4. The smallest absolute Gasteiger partial charge is 0.128 e. The van der Waals surface area contributed by atoms with E-state index in [-0.39, 0.29) is 5.54 Å². The average molecular weight is 260 g/mol. The summed E-state index contributed by atoms with van der Waals surface area (Å²) in [6.45, 7) is 0.777. The number of aliphatic imine (C=N–C) groups is 1. The van der Waals surface area contributed by atoms with Gasteiger partial charge in [0.15, 0.2) is 0 Å². The zero-order valence-electron chi connectivity index (χ0n) is 10.8. The van der Waals surface area contributed by atoms with Crippen molar-refractivity contribution in [2.75, 3.05) is 6.54 Å². The predicted molar refractivity (Wildman–Crippen MR) is 76.5 cm³/mol. The van der Waals surface area contributed by atoms with E-state index in [9.17, 15) is 0 Å². The van der Waals surface area contributed by atoms with Crippen molar-refractivity contribution in [1.29, 1.82) is 5.26 Å². The van der Waals surface area contributed by atoms with Crippen molar-refractivity contribution in [3.05, 3.63) is 59.6 Å². The molecule has 3 heterocycles. The van der Waals surface area contributed by atoms with E-state index in [0.29, 0.717) is 5.57 Å². The van der Waals surface area contributed by atoms with Crippen LogP contribution in [0.5, 0.6) is 0 Å². The molecule has 0 aromatic carbocycles. The Hall–Kier alpha value is -2.67. The van der Waals surface area contributed by atoms with E-state index in [1.54, 1.807) is 0 Å². The molecule has 1 atom stereocenters. The molecule has 1 aromatic rings. The number of nitrogens with zero attached hydrogens (tertiary/aromatic N) is 4. The van der Waals surface area contributed by atoms with E-state index < -0.39 is 0 Å². The van der Waals surface area contributed by atoms with Crippen LogP contribution in [0.2, 0.25) is 0 Å². The molecule has 0 saturated carbocycles. The molecule has 1 aliphatic carbocycles. The fourth-order valence-corrected chi connectivity index (χ4v) is 3.08. The molecule has 4 heteroatoms. The molecule has 3 aliphatic rings. The lowest BCUT2D eigenvalue weighted by atomic mass is 9.81. The van der Waals surface area contributed by atoms with Crippen LogP contribution < -0.4 is 0 Å². The lowest BCUT2D eigenvalue weighted by Crippen LogP contribution is -2.33. The van der Waals surface area contributed by atoms with Gasteiger partial charge in [0.05, 0.1) is 12.1 Å². The van der Waals surface area contributed by atoms with Crippen LogP contribution in [0.1, 0.15) is 17.5 Å². The van der Waals surface area contributed by atoms with Crippen LogP contribution in [0, 0.1) is 11.3 Å². The van der Waals surface area contributed by atoms with E-state index in [1.807, 2.05) is 30.7 Å². The van der Waals surface area contributed by atoms with E-state index >= 15 is 0 Å². The maximum Gasteiger partial charge on any atom is 0.128 e. The molecule has 0 N–H and O–H groups in total. The summed E-state index contributed by atoms with van der Waals surface area (Å²) in [5.74, 6) is 0.932. The molecule has 96 valence electrons. The van der Waals surface area contributed by atoms with Gasteiger partial charge in [-0.3, -0.25) is 9.98 Å². The van der Waals surface area contributed by atoms with Crippen LogP contribution in [0.25, 0.3) is 6.08 Å². The minimum absolute atomic E-state index is 0.242. The number of hydrogen-bond donors (Lipinski definition) is 0. The largest absolute Gasteiger partial charge is 0.329 e. The summed E-state index contributed by atoms with van der Waals surface area (Å²) in [6, 6.07) is 4.24. The molecule has 0 bridgehead atoms. The van der Waals surface area contributed by atoms with Crippen LogP contribution in [-0.2, 0) is 5.54 Å². The van der Waals surface area contributed by atoms with Crippen LogP contribution in [0.15, 0.2) is 53.5 Å². The zero-order chi connectivity index (χ0) is 13.6. The fourth-order valence-electron chi connectivity index (χ4n) is 3.08. The Kier molecular flexibility index (Phi) is 2.19. The number of aromatic nitrogens is 1. The minimum Gasteiger partial charge on any atom is -0.329 e. The third-order valence-electron chi connectivity index (χ3n) is 4.00. The molecule has 1 spiro atoms. The van der Waals surface area contributed by atoms with Gasteiger partial charge in [-0.05, 0) is 35.8 Å². The molecular weight excluding hydrogens is 248 g/mol. The number of amidine groups is 1. The van der Waals surface area contributed by atoms with Crippen molar-refractivity contribution in [2.45, 2.75) is 12.0 Å². The molecule has 0 saturated heterocycles. The Bertz CT molecular complexity index is 748. The summed E-state index contributed by atoms with van der Waals surface area (Å²) in [5, 5.41) is 9.02. The first-order valence-corrected chi connectivity index (χ1v) is 6.58. The SMILES string of the molecule is N#CC1=CN2CC3(CC=Cc4cnccc43)N=C2C=C1. The lowest BCUT2D eigenvalue weighted by Gasteiger charge is -2.30. The second-order valence-corrected chi connectivity index (χ2v) is 5.23. The molecule has 1 aromatic heterocycles. The van der Waals surface area contributed by atoms with Crippen molar-refractivity contribution in [3.8, 4) is 6.07 Å². The Morgan fingerprint density at radius 1 is 1.30 bits per heavy atom. The fraction of sp³-hybridized carbons (Fsp3) is 0.188. The third-order valence-corrected chi connectivity index (χ3v) is 4.00. The average Bonchev–Trinajstić information content (AvgIpc) is 2.85. The molecule has 1 unspecified atom stereocenters. The third kappa shape index (κ3) is 1.47.